The summed E-state index contributed by atoms with van der Waals surface area (Å²) >= 11 is 3.64. The van der Waals surface area contributed by atoms with Crippen molar-refractivity contribution in [2.24, 2.45) is 5.41 Å². The summed E-state index contributed by atoms with van der Waals surface area (Å²) in [4.78, 5) is 15.7. The summed E-state index contributed by atoms with van der Waals surface area (Å²) in [6.07, 6.45) is 8.09. The van der Waals surface area contributed by atoms with E-state index in [0.717, 1.165) is 43.1 Å². The Morgan fingerprint density at radius 1 is 1.33 bits per heavy atom. The Balaban J connectivity index is 3.01. The molecule has 3 nitrogen and oxygen atoms in total. The van der Waals surface area contributed by atoms with Crippen molar-refractivity contribution < 1.29 is 0 Å². The van der Waals surface area contributed by atoms with Gasteiger partial charge in [-0.15, -0.1) is 0 Å². The van der Waals surface area contributed by atoms with Crippen molar-refractivity contribution >= 4 is 15.9 Å². The van der Waals surface area contributed by atoms with Gasteiger partial charge in [0.2, 0.25) is 0 Å². The summed E-state index contributed by atoms with van der Waals surface area (Å²) in [5.41, 5.74) is 1.06. The highest BCUT2D eigenvalue weighted by Gasteiger charge is 2.28. The van der Waals surface area contributed by atoms with Gasteiger partial charge >= 0.3 is 5.69 Å². The van der Waals surface area contributed by atoms with Crippen LogP contribution in [0, 0.1) is 12.3 Å². The molecule has 0 saturated carbocycles. The first-order chi connectivity index (χ1) is 8.56. The molecule has 0 N–H and O–H groups in total. The van der Waals surface area contributed by atoms with Gasteiger partial charge in [-0.05, 0) is 30.7 Å². The van der Waals surface area contributed by atoms with Gasteiger partial charge in [-0.3, -0.25) is 4.57 Å². The summed E-state index contributed by atoms with van der Waals surface area (Å²) in [6, 6.07) is 0. The number of aromatic nitrogens is 2. The van der Waals surface area contributed by atoms with Gasteiger partial charge in [-0.2, -0.15) is 0 Å². The first kappa shape index (κ1) is 15.4. The molecule has 0 aliphatic carbocycles. The molecule has 0 radical (unpaired) electrons. The van der Waals surface area contributed by atoms with E-state index in [0.29, 0.717) is 0 Å². The maximum absolute atomic E-state index is 11.8. The summed E-state index contributed by atoms with van der Waals surface area (Å²) in [5.74, 6) is 0. The zero-order chi connectivity index (χ0) is 13.6. The lowest BCUT2D eigenvalue weighted by Gasteiger charge is -2.32. The third-order valence-corrected chi connectivity index (χ3v) is 4.52. The van der Waals surface area contributed by atoms with E-state index in [1.165, 1.54) is 0 Å². The van der Waals surface area contributed by atoms with Crippen LogP contribution in [0.3, 0.4) is 0 Å². The van der Waals surface area contributed by atoms with Crippen LogP contribution >= 0.6 is 15.9 Å². The maximum atomic E-state index is 11.8. The van der Waals surface area contributed by atoms with Crippen LogP contribution in [0.4, 0.5) is 0 Å². The van der Waals surface area contributed by atoms with Crippen LogP contribution in [0.25, 0.3) is 0 Å². The first-order valence-corrected chi connectivity index (χ1v) is 7.78. The average molecular weight is 315 g/mol. The monoisotopic (exact) mass is 314 g/mol. The molecule has 4 heteroatoms. The number of nitrogens with zero attached hydrogens (tertiary/aromatic N) is 2. The second kappa shape index (κ2) is 7.07. The molecule has 0 bridgehead atoms. The number of alkyl halides is 1. The van der Waals surface area contributed by atoms with Crippen LogP contribution in [0.15, 0.2) is 17.2 Å². The molecule has 18 heavy (non-hydrogen) atoms. The Kier molecular flexibility index (Phi) is 6.06. The standard InChI is InChI=1S/C14H23BrN2O/c1-4-6-14(10-15,7-5-2)11-17-9-12(3)8-16-13(17)18/h8-9H,4-7,10-11H2,1-3H3. The fourth-order valence-corrected chi connectivity index (χ4v) is 3.30. The normalized spacial score (nSPS) is 11.8. The van der Waals surface area contributed by atoms with Crippen molar-refractivity contribution in [2.75, 3.05) is 5.33 Å². The molecule has 1 aromatic heterocycles. The van der Waals surface area contributed by atoms with E-state index in [1.807, 2.05) is 13.1 Å². The molecule has 0 aliphatic heterocycles. The van der Waals surface area contributed by atoms with Crippen LogP contribution in [0.5, 0.6) is 0 Å². The molecule has 1 heterocycles. The highest BCUT2D eigenvalue weighted by atomic mass is 79.9. The minimum atomic E-state index is -0.141. The lowest BCUT2D eigenvalue weighted by atomic mass is 9.81. The fourth-order valence-electron chi connectivity index (χ4n) is 2.56. The van der Waals surface area contributed by atoms with Gasteiger partial charge in [0.15, 0.2) is 0 Å². The minimum Gasteiger partial charge on any atom is -0.298 e. The smallest absolute Gasteiger partial charge is 0.298 e. The zero-order valence-electron chi connectivity index (χ0n) is 11.6. The molecule has 1 aromatic rings. The van der Waals surface area contributed by atoms with Crippen LogP contribution in [-0.4, -0.2) is 14.9 Å². The Morgan fingerprint density at radius 3 is 2.44 bits per heavy atom. The Hall–Kier alpha value is -0.640. The highest BCUT2D eigenvalue weighted by molar-refractivity contribution is 9.09. The van der Waals surface area contributed by atoms with Gasteiger partial charge in [0.25, 0.3) is 0 Å². The summed E-state index contributed by atoms with van der Waals surface area (Å²) in [7, 11) is 0. The maximum Gasteiger partial charge on any atom is 0.347 e. The summed E-state index contributed by atoms with van der Waals surface area (Å²) in [5, 5.41) is 0.933. The molecular formula is C14H23BrN2O. The van der Waals surface area contributed by atoms with E-state index >= 15 is 0 Å². The predicted molar refractivity (Wildman–Crippen MR) is 79.3 cm³/mol. The largest absolute Gasteiger partial charge is 0.347 e. The molecule has 1 rings (SSSR count). The molecular weight excluding hydrogens is 292 g/mol. The van der Waals surface area contributed by atoms with Crippen LogP contribution in [0.1, 0.15) is 45.1 Å². The van der Waals surface area contributed by atoms with Gasteiger partial charge in [0.05, 0.1) is 0 Å². The molecule has 0 fully saturated rings. The van der Waals surface area contributed by atoms with Crippen molar-refractivity contribution in [3.05, 3.63) is 28.4 Å². The quantitative estimate of drug-likeness (QED) is 0.722. The molecule has 0 spiro atoms. The topological polar surface area (TPSA) is 34.9 Å². The third-order valence-electron chi connectivity index (χ3n) is 3.33. The fraction of sp³-hybridized carbons (Fsp3) is 0.714. The van der Waals surface area contributed by atoms with E-state index in [1.54, 1.807) is 10.8 Å². The van der Waals surface area contributed by atoms with Gasteiger partial charge in [0.1, 0.15) is 0 Å². The van der Waals surface area contributed by atoms with E-state index in [4.69, 9.17) is 0 Å². The molecule has 0 saturated heterocycles. The van der Waals surface area contributed by atoms with Crippen LogP contribution in [0.2, 0.25) is 0 Å². The van der Waals surface area contributed by atoms with Crippen LogP contribution in [-0.2, 0) is 6.54 Å². The lowest BCUT2D eigenvalue weighted by Crippen LogP contribution is -2.34. The third kappa shape index (κ3) is 3.94. The molecule has 0 amide bonds. The minimum absolute atomic E-state index is 0.141. The highest BCUT2D eigenvalue weighted by Crippen LogP contribution is 2.33. The van der Waals surface area contributed by atoms with Gasteiger partial charge < -0.3 is 0 Å². The molecule has 0 aromatic carbocycles. The SMILES string of the molecule is CCCC(CBr)(CCC)Cn1cc(C)cnc1=O. The van der Waals surface area contributed by atoms with Crippen molar-refractivity contribution in [3.8, 4) is 0 Å². The van der Waals surface area contributed by atoms with Crippen LogP contribution < -0.4 is 5.69 Å². The molecule has 102 valence electrons. The second-order valence-corrected chi connectivity index (χ2v) is 5.74. The zero-order valence-corrected chi connectivity index (χ0v) is 13.2. The van der Waals surface area contributed by atoms with E-state index in [2.05, 4.69) is 34.8 Å². The van der Waals surface area contributed by atoms with Gasteiger partial charge in [0, 0.05) is 24.3 Å². The predicted octanol–water partition coefficient (Wildman–Crippen LogP) is 3.53. The lowest BCUT2D eigenvalue weighted by molar-refractivity contribution is 0.229. The van der Waals surface area contributed by atoms with E-state index < -0.39 is 0 Å². The van der Waals surface area contributed by atoms with Crippen molar-refractivity contribution in [1.29, 1.82) is 0 Å². The van der Waals surface area contributed by atoms with Crippen molar-refractivity contribution in [1.82, 2.24) is 9.55 Å². The van der Waals surface area contributed by atoms with Crippen molar-refractivity contribution in [3.63, 3.8) is 0 Å². The van der Waals surface area contributed by atoms with Gasteiger partial charge in [-0.1, -0.05) is 42.6 Å². The Bertz CT molecular complexity index is 422. The summed E-state index contributed by atoms with van der Waals surface area (Å²) < 4.78 is 1.77. The molecule has 0 unspecified atom stereocenters. The first-order valence-electron chi connectivity index (χ1n) is 6.66. The average Bonchev–Trinajstić information content (AvgIpc) is 2.34. The second-order valence-electron chi connectivity index (χ2n) is 5.18. The number of aryl methyl sites for hydroxylation is 1. The van der Waals surface area contributed by atoms with E-state index in [9.17, 15) is 4.79 Å². The number of halogens is 1. The Morgan fingerprint density at radius 2 is 1.94 bits per heavy atom. The van der Waals surface area contributed by atoms with E-state index in [-0.39, 0.29) is 11.1 Å². The van der Waals surface area contributed by atoms with Crippen molar-refractivity contribution in [2.45, 2.75) is 53.0 Å². The molecule has 0 aliphatic rings. The molecule has 0 atom stereocenters. The number of rotatable bonds is 7. The number of hydrogen-bond acceptors (Lipinski definition) is 2. The Labute approximate surface area is 118 Å². The van der Waals surface area contributed by atoms with Gasteiger partial charge in [-0.25, -0.2) is 9.78 Å². The number of hydrogen-bond donors (Lipinski definition) is 0. The summed E-state index contributed by atoms with van der Waals surface area (Å²) in [6.45, 7) is 7.13.